The van der Waals surface area contributed by atoms with Crippen LogP contribution in [-0.4, -0.2) is 60.3 Å². The summed E-state index contributed by atoms with van der Waals surface area (Å²) in [6.45, 7) is 9.08. The molecule has 104 valence electrons. The van der Waals surface area contributed by atoms with Crippen LogP contribution in [0.5, 0.6) is 0 Å². The van der Waals surface area contributed by atoms with Crippen molar-refractivity contribution < 1.29 is 4.79 Å². The summed E-state index contributed by atoms with van der Waals surface area (Å²) in [6.07, 6.45) is 0. The van der Waals surface area contributed by atoms with E-state index in [1.165, 1.54) is 0 Å². The molecule has 2 heterocycles. The molecular formula is C13H21N5O. The van der Waals surface area contributed by atoms with Gasteiger partial charge in [-0.3, -0.25) is 4.79 Å². The Morgan fingerprint density at radius 3 is 2.47 bits per heavy atom. The van der Waals surface area contributed by atoms with E-state index in [9.17, 15) is 4.79 Å². The van der Waals surface area contributed by atoms with Crippen LogP contribution >= 0.6 is 0 Å². The van der Waals surface area contributed by atoms with Crippen LogP contribution in [0.25, 0.3) is 0 Å². The zero-order chi connectivity index (χ0) is 13.7. The van der Waals surface area contributed by atoms with Crippen LogP contribution in [0.15, 0.2) is 12.1 Å². The third-order valence-corrected chi connectivity index (χ3v) is 3.36. The van der Waals surface area contributed by atoms with E-state index in [-0.39, 0.29) is 5.91 Å². The van der Waals surface area contributed by atoms with Crippen LogP contribution in [0.1, 0.15) is 24.3 Å². The van der Waals surface area contributed by atoms with Crippen molar-refractivity contribution in [3.8, 4) is 0 Å². The molecule has 1 aromatic rings. The van der Waals surface area contributed by atoms with Gasteiger partial charge in [0, 0.05) is 39.3 Å². The van der Waals surface area contributed by atoms with Crippen LogP contribution < -0.4 is 10.2 Å². The van der Waals surface area contributed by atoms with Gasteiger partial charge in [0.25, 0.3) is 5.91 Å². The van der Waals surface area contributed by atoms with Crippen LogP contribution in [-0.2, 0) is 0 Å². The molecule has 1 amide bonds. The Morgan fingerprint density at radius 2 is 1.95 bits per heavy atom. The fourth-order valence-electron chi connectivity index (χ4n) is 2.17. The van der Waals surface area contributed by atoms with Gasteiger partial charge in [-0.05, 0) is 26.0 Å². The molecule has 1 N–H and O–H groups in total. The Kier molecular flexibility index (Phi) is 4.68. The molecule has 1 aliphatic rings. The minimum atomic E-state index is -0.0515. The minimum absolute atomic E-state index is 0.0515. The first-order valence-electron chi connectivity index (χ1n) is 6.85. The number of nitrogens with one attached hydrogen (secondary N) is 1. The van der Waals surface area contributed by atoms with Gasteiger partial charge in [0.2, 0.25) is 0 Å². The summed E-state index contributed by atoms with van der Waals surface area (Å²) in [5.74, 6) is 0.793. The molecule has 1 aromatic heterocycles. The van der Waals surface area contributed by atoms with Crippen molar-refractivity contribution in [3.05, 3.63) is 17.8 Å². The molecule has 2 rings (SSSR count). The van der Waals surface area contributed by atoms with Crippen LogP contribution in [0.3, 0.4) is 0 Å². The monoisotopic (exact) mass is 263 g/mol. The van der Waals surface area contributed by atoms with E-state index in [0.29, 0.717) is 18.8 Å². The maximum Gasteiger partial charge on any atom is 0.274 e. The Hall–Kier alpha value is -1.69. The number of piperazine rings is 1. The second-order valence-electron chi connectivity index (χ2n) is 4.49. The number of hydrogen-bond acceptors (Lipinski definition) is 5. The lowest BCUT2D eigenvalue weighted by atomic mass is 10.3. The standard InChI is InChI=1S/C13H21N5O/c1-3-17(4-2)13(19)11-5-6-12(16-15-11)18-9-7-14-8-10-18/h5-6,14H,3-4,7-10H2,1-2H3. The summed E-state index contributed by atoms with van der Waals surface area (Å²) in [7, 11) is 0. The predicted molar refractivity (Wildman–Crippen MR) is 74.4 cm³/mol. The Balaban J connectivity index is 2.07. The number of nitrogens with zero attached hydrogens (tertiary/aromatic N) is 4. The summed E-state index contributed by atoms with van der Waals surface area (Å²) in [6, 6.07) is 3.65. The maximum absolute atomic E-state index is 12.1. The topological polar surface area (TPSA) is 61.4 Å². The minimum Gasteiger partial charge on any atom is -0.353 e. The van der Waals surface area contributed by atoms with Gasteiger partial charge in [0.05, 0.1) is 0 Å². The predicted octanol–water partition coefficient (Wildman–Crippen LogP) is 0.368. The lowest BCUT2D eigenvalue weighted by Gasteiger charge is -2.28. The van der Waals surface area contributed by atoms with E-state index in [2.05, 4.69) is 20.4 Å². The van der Waals surface area contributed by atoms with E-state index >= 15 is 0 Å². The van der Waals surface area contributed by atoms with E-state index in [1.807, 2.05) is 19.9 Å². The first kappa shape index (κ1) is 13.7. The molecule has 1 aliphatic heterocycles. The van der Waals surface area contributed by atoms with E-state index in [1.54, 1.807) is 11.0 Å². The molecule has 0 bridgehead atoms. The lowest BCUT2D eigenvalue weighted by molar-refractivity contribution is 0.0766. The quantitative estimate of drug-likeness (QED) is 0.850. The molecule has 0 spiro atoms. The van der Waals surface area contributed by atoms with Gasteiger partial charge in [-0.25, -0.2) is 0 Å². The van der Waals surface area contributed by atoms with Gasteiger partial charge in [-0.15, -0.1) is 10.2 Å². The molecule has 0 aliphatic carbocycles. The molecular weight excluding hydrogens is 242 g/mol. The fourth-order valence-corrected chi connectivity index (χ4v) is 2.17. The zero-order valence-electron chi connectivity index (χ0n) is 11.6. The summed E-state index contributed by atoms with van der Waals surface area (Å²) in [5, 5.41) is 11.5. The van der Waals surface area contributed by atoms with Crippen molar-refractivity contribution in [1.29, 1.82) is 0 Å². The number of carbonyl (C=O) groups is 1. The fraction of sp³-hybridized carbons (Fsp3) is 0.615. The molecule has 0 unspecified atom stereocenters. The number of aromatic nitrogens is 2. The molecule has 0 saturated carbocycles. The summed E-state index contributed by atoms with van der Waals surface area (Å²) < 4.78 is 0. The second-order valence-corrected chi connectivity index (χ2v) is 4.49. The highest BCUT2D eigenvalue weighted by atomic mass is 16.2. The lowest BCUT2D eigenvalue weighted by Crippen LogP contribution is -2.44. The van der Waals surface area contributed by atoms with Crippen molar-refractivity contribution in [2.45, 2.75) is 13.8 Å². The van der Waals surface area contributed by atoms with Crippen molar-refractivity contribution >= 4 is 11.7 Å². The van der Waals surface area contributed by atoms with E-state index < -0.39 is 0 Å². The molecule has 0 atom stereocenters. The average Bonchev–Trinajstić information content (AvgIpc) is 2.49. The number of amides is 1. The van der Waals surface area contributed by atoms with Gasteiger partial charge in [-0.1, -0.05) is 0 Å². The summed E-state index contributed by atoms with van der Waals surface area (Å²) in [5.41, 5.74) is 0.419. The highest BCUT2D eigenvalue weighted by molar-refractivity contribution is 5.92. The van der Waals surface area contributed by atoms with E-state index in [4.69, 9.17) is 0 Å². The van der Waals surface area contributed by atoms with Crippen molar-refractivity contribution in [3.63, 3.8) is 0 Å². The van der Waals surface area contributed by atoms with Crippen molar-refractivity contribution in [2.75, 3.05) is 44.2 Å². The maximum atomic E-state index is 12.1. The van der Waals surface area contributed by atoms with Crippen LogP contribution in [0, 0.1) is 0 Å². The summed E-state index contributed by atoms with van der Waals surface area (Å²) >= 11 is 0. The molecule has 19 heavy (non-hydrogen) atoms. The SMILES string of the molecule is CCN(CC)C(=O)c1ccc(N2CCNCC2)nn1. The van der Waals surface area contributed by atoms with Crippen LogP contribution in [0.2, 0.25) is 0 Å². The van der Waals surface area contributed by atoms with Gasteiger partial charge < -0.3 is 15.1 Å². The zero-order valence-corrected chi connectivity index (χ0v) is 11.6. The Morgan fingerprint density at radius 1 is 1.26 bits per heavy atom. The third-order valence-electron chi connectivity index (χ3n) is 3.36. The number of carbonyl (C=O) groups excluding carboxylic acids is 1. The van der Waals surface area contributed by atoms with Gasteiger partial charge >= 0.3 is 0 Å². The van der Waals surface area contributed by atoms with Crippen molar-refractivity contribution in [2.24, 2.45) is 0 Å². The molecule has 6 heteroatoms. The Bertz CT molecular complexity index is 410. The van der Waals surface area contributed by atoms with Gasteiger partial charge in [-0.2, -0.15) is 0 Å². The average molecular weight is 263 g/mol. The number of anilines is 1. The normalized spacial score (nSPS) is 15.4. The molecule has 0 aromatic carbocycles. The first-order chi connectivity index (χ1) is 9.26. The largest absolute Gasteiger partial charge is 0.353 e. The second kappa shape index (κ2) is 6.47. The number of hydrogen-bond donors (Lipinski definition) is 1. The van der Waals surface area contributed by atoms with Crippen LogP contribution in [0.4, 0.5) is 5.82 Å². The molecule has 1 saturated heterocycles. The highest BCUT2D eigenvalue weighted by Crippen LogP contribution is 2.11. The highest BCUT2D eigenvalue weighted by Gasteiger charge is 2.16. The number of rotatable bonds is 4. The van der Waals surface area contributed by atoms with E-state index in [0.717, 1.165) is 32.0 Å². The molecule has 6 nitrogen and oxygen atoms in total. The van der Waals surface area contributed by atoms with Gasteiger partial charge in [0.1, 0.15) is 0 Å². The molecule has 0 radical (unpaired) electrons. The summed E-state index contributed by atoms with van der Waals surface area (Å²) in [4.78, 5) is 16.0. The first-order valence-corrected chi connectivity index (χ1v) is 6.85. The molecule has 1 fully saturated rings. The Labute approximate surface area is 113 Å². The van der Waals surface area contributed by atoms with Crippen molar-refractivity contribution in [1.82, 2.24) is 20.4 Å². The third kappa shape index (κ3) is 3.20. The van der Waals surface area contributed by atoms with Gasteiger partial charge in [0.15, 0.2) is 11.5 Å². The smallest absolute Gasteiger partial charge is 0.274 e.